The molecule has 22 heavy (non-hydrogen) atoms. The van der Waals surface area contributed by atoms with Crippen molar-refractivity contribution in [1.82, 2.24) is 5.01 Å². The van der Waals surface area contributed by atoms with Gasteiger partial charge in [-0.3, -0.25) is 10.1 Å². The molecule has 3 rings (SSSR count). The first kappa shape index (κ1) is 14.6. The number of nitrogens with two attached hydrogens (primary N) is 1. The predicted molar refractivity (Wildman–Crippen MR) is 89.9 cm³/mol. The predicted octanol–water partition coefficient (Wildman–Crippen LogP) is 3.05. The lowest BCUT2D eigenvalue weighted by Gasteiger charge is -2.21. The van der Waals surface area contributed by atoms with Crippen LogP contribution in [0.1, 0.15) is 22.9 Å². The van der Waals surface area contributed by atoms with E-state index in [0.29, 0.717) is 6.42 Å². The summed E-state index contributed by atoms with van der Waals surface area (Å²) >= 11 is 6.68. The summed E-state index contributed by atoms with van der Waals surface area (Å²) in [6, 6.07) is 10.2. The number of rotatable bonds is 3. The van der Waals surface area contributed by atoms with Crippen LogP contribution >= 0.6 is 23.6 Å². The molecule has 2 N–H and O–H groups in total. The quantitative estimate of drug-likeness (QED) is 0.530. The Hall–Kier alpha value is -2.32. The second kappa shape index (κ2) is 5.82. The van der Waals surface area contributed by atoms with Crippen LogP contribution in [0.3, 0.4) is 0 Å². The number of hydrazone groups is 1. The van der Waals surface area contributed by atoms with Crippen molar-refractivity contribution >= 4 is 40.1 Å². The highest BCUT2D eigenvalue weighted by Crippen LogP contribution is 2.34. The van der Waals surface area contributed by atoms with Crippen molar-refractivity contribution in [2.75, 3.05) is 0 Å². The van der Waals surface area contributed by atoms with Crippen molar-refractivity contribution in [1.29, 1.82) is 0 Å². The molecule has 0 bridgehead atoms. The maximum Gasteiger partial charge on any atom is 0.269 e. The molecular formula is C14H12N4O2S2. The Morgan fingerprint density at radius 1 is 1.41 bits per heavy atom. The summed E-state index contributed by atoms with van der Waals surface area (Å²) in [6.45, 7) is 0. The van der Waals surface area contributed by atoms with Gasteiger partial charge in [-0.25, -0.2) is 5.01 Å². The van der Waals surface area contributed by atoms with E-state index in [4.69, 9.17) is 18.0 Å². The fourth-order valence-electron chi connectivity index (χ4n) is 2.38. The summed E-state index contributed by atoms with van der Waals surface area (Å²) in [4.78, 5) is 11.4. The average Bonchev–Trinajstić information content (AvgIpc) is 3.16. The molecule has 0 unspecified atom stereocenters. The fraction of sp³-hybridized carbons (Fsp3) is 0.143. The van der Waals surface area contributed by atoms with E-state index in [2.05, 4.69) is 5.10 Å². The highest BCUT2D eigenvalue weighted by molar-refractivity contribution is 7.80. The molecule has 0 aliphatic carbocycles. The Morgan fingerprint density at radius 3 is 2.68 bits per heavy atom. The molecule has 8 heteroatoms. The van der Waals surface area contributed by atoms with Crippen molar-refractivity contribution in [2.45, 2.75) is 12.5 Å². The Kier molecular flexibility index (Phi) is 3.86. The van der Waals surface area contributed by atoms with E-state index < -0.39 is 4.92 Å². The van der Waals surface area contributed by atoms with Crippen LogP contribution in [0.15, 0.2) is 46.9 Å². The molecule has 0 saturated carbocycles. The lowest BCUT2D eigenvalue weighted by molar-refractivity contribution is -0.384. The second-order valence-electron chi connectivity index (χ2n) is 4.78. The summed E-state index contributed by atoms with van der Waals surface area (Å²) < 4.78 is 0. The first-order valence-electron chi connectivity index (χ1n) is 6.50. The zero-order valence-corrected chi connectivity index (χ0v) is 13.0. The average molecular weight is 332 g/mol. The molecule has 2 aromatic rings. The SMILES string of the molecule is NC(=S)N1N=C(c2cccs2)C[C@H]1c1ccc([N+](=O)[O-])cc1. The highest BCUT2D eigenvalue weighted by Gasteiger charge is 2.31. The Bertz CT molecular complexity index is 741. The molecule has 1 atom stereocenters. The number of hydrogen-bond acceptors (Lipinski definition) is 5. The standard InChI is InChI=1S/C14H12N4O2S2/c15-14(21)17-12(8-11(16-17)13-2-1-7-22-13)9-3-5-10(6-4-9)18(19)20/h1-7,12H,8H2,(H2,15,21)/t12-/m0/s1. The largest absolute Gasteiger partial charge is 0.375 e. The number of hydrogen-bond donors (Lipinski definition) is 1. The number of nitrogens with zero attached hydrogens (tertiary/aromatic N) is 3. The van der Waals surface area contributed by atoms with Crippen LogP contribution in [0.4, 0.5) is 5.69 Å². The van der Waals surface area contributed by atoms with Gasteiger partial charge in [0.2, 0.25) is 0 Å². The smallest absolute Gasteiger partial charge is 0.269 e. The summed E-state index contributed by atoms with van der Waals surface area (Å²) in [7, 11) is 0. The van der Waals surface area contributed by atoms with Crippen LogP contribution in [0.25, 0.3) is 0 Å². The molecule has 1 aromatic heterocycles. The maximum atomic E-state index is 10.7. The summed E-state index contributed by atoms with van der Waals surface area (Å²) in [5.41, 5.74) is 7.64. The van der Waals surface area contributed by atoms with Crippen LogP contribution in [-0.4, -0.2) is 20.8 Å². The molecule has 0 fully saturated rings. The Morgan fingerprint density at radius 2 is 2.14 bits per heavy atom. The first-order valence-corrected chi connectivity index (χ1v) is 7.79. The van der Waals surface area contributed by atoms with Gasteiger partial charge >= 0.3 is 0 Å². The van der Waals surface area contributed by atoms with Gasteiger partial charge in [0.05, 0.1) is 21.6 Å². The van der Waals surface area contributed by atoms with Gasteiger partial charge < -0.3 is 5.73 Å². The number of thiocarbonyl (C=S) groups is 1. The van der Waals surface area contributed by atoms with Gasteiger partial charge in [-0.05, 0) is 29.2 Å². The molecule has 0 saturated heterocycles. The summed E-state index contributed by atoms with van der Waals surface area (Å²) in [5.74, 6) is 0. The number of benzene rings is 1. The van der Waals surface area contributed by atoms with Gasteiger partial charge in [-0.1, -0.05) is 18.2 Å². The first-order chi connectivity index (χ1) is 10.6. The van der Waals surface area contributed by atoms with Crippen LogP contribution < -0.4 is 5.73 Å². The van der Waals surface area contributed by atoms with Gasteiger partial charge in [0.1, 0.15) is 0 Å². The number of thiophene rings is 1. The van der Waals surface area contributed by atoms with E-state index in [0.717, 1.165) is 16.2 Å². The van der Waals surface area contributed by atoms with Crippen molar-refractivity contribution < 1.29 is 4.92 Å². The molecule has 1 aliphatic rings. The van der Waals surface area contributed by atoms with Crippen molar-refractivity contribution in [3.8, 4) is 0 Å². The Balaban J connectivity index is 1.90. The molecule has 1 aliphatic heterocycles. The van der Waals surface area contributed by atoms with E-state index in [-0.39, 0.29) is 16.8 Å². The third-order valence-electron chi connectivity index (χ3n) is 3.43. The van der Waals surface area contributed by atoms with E-state index in [9.17, 15) is 10.1 Å². The molecule has 112 valence electrons. The third-order valence-corrected chi connectivity index (χ3v) is 4.54. The summed E-state index contributed by atoms with van der Waals surface area (Å²) in [6.07, 6.45) is 0.662. The van der Waals surface area contributed by atoms with Crippen LogP contribution in [-0.2, 0) is 0 Å². The van der Waals surface area contributed by atoms with Crippen LogP contribution in [0.2, 0.25) is 0 Å². The zero-order chi connectivity index (χ0) is 15.7. The van der Waals surface area contributed by atoms with Crippen molar-refractivity contribution in [3.63, 3.8) is 0 Å². The number of non-ortho nitro benzene ring substituents is 1. The maximum absolute atomic E-state index is 10.7. The van der Waals surface area contributed by atoms with Crippen LogP contribution in [0, 0.1) is 10.1 Å². The fourth-order valence-corrected chi connectivity index (χ4v) is 3.27. The van der Waals surface area contributed by atoms with Gasteiger partial charge in [-0.2, -0.15) is 5.10 Å². The second-order valence-corrected chi connectivity index (χ2v) is 6.14. The van der Waals surface area contributed by atoms with Gasteiger partial charge in [0, 0.05) is 18.6 Å². The molecule has 0 radical (unpaired) electrons. The van der Waals surface area contributed by atoms with E-state index >= 15 is 0 Å². The van der Waals surface area contributed by atoms with Crippen LogP contribution in [0.5, 0.6) is 0 Å². The molecular weight excluding hydrogens is 320 g/mol. The minimum atomic E-state index is -0.419. The molecule has 6 nitrogen and oxygen atoms in total. The zero-order valence-electron chi connectivity index (χ0n) is 11.4. The van der Waals surface area contributed by atoms with Gasteiger partial charge in [-0.15, -0.1) is 11.3 Å². The Labute approximate surface area is 136 Å². The minimum absolute atomic E-state index is 0.0584. The topological polar surface area (TPSA) is 84.8 Å². The normalized spacial score (nSPS) is 17.4. The van der Waals surface area contributed by atoms with Crippen molar-refractivity contribution in [2.24, 2.45) is 10.8 Å². The van der Waals surface area contributed by atoms with Crippen molar-refractivity contribution in [3.05, 3.63) is 62.3 Å². The third kappa shape index (κ3) is 2.70. The molecule has 0 spiro atoms. The lowest BCUT2D eigenvalue weighted by Crippen LogP contribution is -2.31. The molecule has 1 aromatic carbocycles. The monoisotopic (exact) mass is 332 g/mol. The number of nitro groups is 1. The number of nitro benzene ring substituents is 1. The van der Waals surface area contributed by atoms with E-state index in [1.807, 2.05) is 17.5 Å². The minimum Gasteiger partial charge on any atom is -0.375 e. The highest BCUT2D eigenvalue weighted by atomic mass is 32.1. The van der Waals surface area contributed by atoms with Gasteiger partial charge in [0.15, 0.2) is 5.11 Å². The lowest BCUT2D eigenvalue weighted by atomic mass is 10.0. The molecule has 0 amide bonds. The molecule has 2 heterocycles. The van der Waals surface area contributed by atoms with E-state index in [1.54, 1.807) is 28.5 Å². The summed E-state index contributed by atoms with van der Waals surface area (Å²) in [5, 5.41) is 19.0. The van der Waals surface area contributed by atoms with E-state index in [1.165, 1.54) is 12.1 Å². The van der Waals surface area contributed by atoms with Gasteiger partial charge in [0.25, 0.3) is 5.69 Å².